The summed E-state index contributed by atoms with van der Waals surface area (Å²) >= 11 is 0. The molecule has 206 valence electrons. The second kappa shape index (κ2) is 9.71. The smallest absolute Gasteiger partial charge is 0.306 e. The zero-order valence-electron chi connectivity index (χ0n) is 23.0. The van der Waals surface area contributed by atoms with Gasteiger partial charge in [0.15, 0.2) is 5.78 Å². The van der Waals surface area contributed by atoms with Crippen LogP contribution < -0.4 is 0 Å². The van der Waals surface area contributed by atoms with Gasteiger partial charge in [0.1, 0.15) is 11.6 Å². The molecule has 0 aromatic heterocycles. The number of allylic oxidation sites excluding steroid dienone is 2. The van der Waals surface area contributed by atoms with Gasteiger partial charge in [-0.05, 0) is 85.5 Å². The fourth-order valence-electron chi connectivity index (χ4n) is 8.97. The first-order valence-electron chi connectivity index (χ1n) is 14.1. The Labute approximate surface area is 220 Å². The summed E-state index contributed by atoms with van der Waals surface area (Å²) in [5.74, 6) is -1.14. The lowest BCUT2D eigenvalue weighted by Gasteiger charge is -2.65. The maximum absolute atomic E-state index is 14.0. The summed E-state index contributed by atoms with van der Waals surface area (Å²) in [6.45, 7) is 9.41. The van der Waals surface area contributed by atoms with Gasteiger partial charge in [-0.1, -0.05) is 27.7 Å². The molecule has 9 atom stereocenters. The van der Waals surface area contributed by atoms with Crippen molar-refractivity contribution in [1.29, 1.82) is 0 Å². The van der Waals surface area contributed by atoms with Crippen molar-refractivity contribution in [3.8, 4) is 0 Å². The van der Waals surface area contributed by atoms with Crippen molar-refractivity contribution in [3.63, 3.8) is 0 Å². The van der Waals surface area contributed by atoms with Crippen LogP contribution in [0.4, 0.5) is 0 Å². The molecule has 37 heavy (non-hydrogen) atoms. The van der Waals surface area contributed by atoms with Crippen LogP contribution in [0, 0.1) is 45.8 Å². The van der Waals surface area contributed by atoms with Gasteiger partial charge in [-0.25, -0.2) is 0 Å². The average Bonchev–Trinajstić information content (AvgIpc) is 3.02. The van der Waals surface area contributed by atoms with Crippen LogP contribution in [0.2, 0.25) is 0 Å². The molecular formula is C30H44O7. The normalized spacial score (nSPS) is 38.9. The summed E-state index contributed by atoms with van der Waals surface area (Å²) in [7, 11) is 0. The van der Waals surface area contributed by atoms with Crippen molar-refractivity contribution in [2.45, 2.75) is 98.5 Å². The molecule has 3 N–H and O–H groups in total. The van der Waals surface area contributed by atoms with Crippen LogP contribution in [0.15, 0.2) is 11.1 Å². The van der Waals surface area contributed by atoms with Crippen LogP contribution in [0.25, 0.3) is 0 Å². The number of hydrogen-bond donors (Lipinski definition) is 3. The van der Waals surface area contributed by atoms with E-state index in [1.807, 2.05) is 0 Å². The Morgan fingerprint density at radius 1 is 1.16 bits per heavy atom. The van der Waals surface area contributed by atoms with Gasteiger partial charge >= 0.3 is 5.97 Å². The lowest BCUT2D eigenvalue weighted by atomic mass is 9.36. The Kier molecular flexibility index (Phi) is 7.39. The summed E-state index contributed by atoms with van der Waals surface area (Å²) in [6, 6.07) is 0. The predicted octanol–water partition coefficient (Wildman–Crippen LogP) is 4.13. The quantitative estimate of drug-likeness (QED) is 0.376. The first kappa shape index (κ1) is 28.2. The van der Waals surface area contributed by atoms with Gasteiger partial charge in [0, 0.05) is 31.4 Å². The molecule has 2 fully saturated rings. The van der Waals surface area contributed by atoms with Crippen LogP contribution in [0.3, 0.4) is 0 Å². The Hall–Kier alpha value is -1.86. The molecule has 7 nitrogen and oxygen atoms in total. The van der Waals surface area contributed by atoms with Gasteiger partial charge in [0.05, 0.1) is 17.4 Å². The topological polar surface area (TPSA) is 129 Å². The van der Waals surface area contributed by atoms with E-state index in [9.17, 15) is 34.5 Å². The summed E-state index contributed by atoms with van der Waals surface area (Å²) in [4.78, 5) is 51.1. The third-order valence-electron chi connectivity index (χ3n) is 11.2. The van der Waals surface area contributed by atoms with Crippen molar-refractivity contribution in [2.75, 3.05) is 6.61 Å². The Morgan fingerprint density at radius 3 is 2.43 bits per heavy atom. The molecular weight excluding hydrogens is 472 g/mol. The van der Waals surface area contributed by atoms with Crippen molar-refractivity contribution >= 4 is 23.3 Å². The number of aliphatic hydroxyl groups excluding tert-OH is 2. The Bertz CT molecular complexity index is 1030. The van der Waals surface area contributed by atoms with Crippen LogP contribution in [0.5, 0.6) is 0 Å². The van der Waals surface area contributed by atoms with Gasteiger partial charge < -0.3 is 20.1 Å². The van der Waals surface area contributed by atoms with E-state index in [1.165, 1.54) is 0 Å². The molecule has 4 rings (SSSR count). The van der Waals surface area contributed by atoms with Gasteiger partial charge in [-0.2, -0.15) is 0 Å². The Morgan fingerprint density at radius 2 is 1.84 bits per heavy atom. The highest BCUT2D eigenvalue weighted by Gasteiger charge is 2.75. The largest absolute Gasteiger partial charge is 0.481 e. The number of carbonyl (C=O) groups excluding carboxylic acids is 3. The number of carboxylic acids is 1. The van der Waals surface area contributed by atoms with E-state index in [0.717, 1.165) is 24.0 Å². The van der Waals surface area contributed by atoms with Gasteiger partial charge in [0.2, 0.25) is 0 Å². The van der Waals surface area contributed by atoms with Crippen LogP contribution in [-0.2, 0) is 19.2 Å². The predicted molar refractivity (Wildman–Crippen MR) is 137 cm³/mol. The van der Waals surface area contributed by atoms with Crippen molar-refractivity contribution in [1.82, 2.24) is 0 Å². The third kappa shape index (κ3) is 4.15. The molecule has 0 aromatic rings. The van der Waals surface area contributed by atoms with Crippen LogP contribution in [0.1, 0.15) is 92.4 Å². The molecule has 7 heteroatoms. The second-order valence-electron chi connectivity index (χ2n) is 13.2. The van der Waals surface area contributed by atoms with E-state index in [1.54, 1.807) is 13.8 Å². The van der Waals surface area contributed by atoms with Crippen LogP contribution >= 0.6 is 0 Å². The summed E-state index contributed by atoms with van der Waals surface area (Å²) in [5.41, 5.74) is 0.192. The van der Waals surface area contributed by atoms with Crippen LogP contribution in [-0.4, -0.2) is 51.3 Å². The maximum atomic E-state index is 14.0. The van der Waals surface area contributed by atoms with Gasteiger partial charge in [0.25, 0.3) is 0 Å². The zero-order chi connectivity index (χ0) is 27.5. The monoisotopic (exact) mass is 516 g/mol. The number of aliphatic carboxylic acids is 1. The lowest BCUT2D eigenvalue weighted by Crippen LogP contribution is -2.62. The molecule has 0 radical (unpaired) electrons. The van der Waals surface area contributed by atoms with E-state index in [2.05, 4.69) is 20.8 Å². The first-order chi connectivity index (χ1) is 17.2. The molecule has 0 amide bonds. The fraction of sp³-hybridized carbons (Fsp3) is 0.800. The molecule has 0 heterocycles. The summed E-state index contributed by atoms with van der Waals surface area (Å²) < 4.78 is 0. The molecule has 2 saturated carbocycles. The molecule has 0 aromatic carbocycles. The number of hydrogen-bond acceptors (Lipinski definition) is 6. The minimum absolute atomic E-state index is 0.0925. The number of Topliss-reactive ketones (excluding diaryl/α,β-unsaturated/α-hetero) is 3. The molecule has 0 bridgehead atoms. The second-order valence-corrected chi connectivity index (χ2v) is 13.2. The fourth-order valence-corrected chi connectivity index (χ4v) is 8.97. The van der Waals surface area contributed by atoms with Gasteiger partial charge in [-0.3, -0.25) is 14.4 Å². The molecule has 4 aliphatic carbocycles. The number of ketones is 3. The number of aliphatic hydroxyl groups is 2. The minimum atomic E-state index is -0.961. The van der Waals surface area contributed by atoms with E-state index >= 15 is 0 Å². The zero-order valence-corrected chi connectivity index (χ0v) is 23.0. The molecule has 1 spiro atoms. The standard InChI is InChI=1S/C30H44O7/c1-16(27(36)37)10-21(33)12-19(7-9-31)22-13-24(35)30-14-20-11-17(2)28(4,8-6-18(3)32)26(25(20)30)23(34)15-29(22,30)5/h16-17,19-22,31,33H,6-15H2,1-5H3,(H,36,37)/t16?,17?,19?,20-,21-,22?,28+,29-,30+/m1/s1. The average molecular weight is 517 g/mol. The summed E-state index contributed by atoms with van der Waals surface area (Å²) in [5, 5.41) is 29.9. The number of carboxylic acid groups (broad SMARTS) is 1. The van der Waals surface area contributed by atoms with Crippen molar-refractivity contribution in [2.24, 2.45) is 45.8 Å². The molecule has 0 saturated heterocycles. The van der Waals surface area contributed by atoms with Crippen molar-refractivity contribution in [3.05, 3.63) is 11.1 Å². The van der Waals surface area contributed by atoms with Crippen molar-refractivity contribution < 1.29 is 34.5 Å². The van der Waals surface area contributed by atoms with E-state index in [-0.39, 0.29) is 60.5 Å². The highest BCUT2D eigenvalue weighted by molar-refractivity contribution is 6.06. The SMILES string of the molecule is CC(=O)CC[C@]1(C)C2=C3[C@H](CC1C)C[C@]31C(=O)CC(C(CCO)C[C@H](O)CC(C)C(=O)O)[C@@]1(C)CC2=O. The number of carbonyl (C=O) groups is 4. The molecule has 4 unspecified atom stereocenters. The van der Waals surface area contributed by atoms with E-state index < -0.39 is 34.2 Å². The Balaban J connectivity index is 1.71. The minimum Gasteiger partial charge on any atom is -0.481 e. The third-order valence-corrected chi connectivity index (χ3v) is 11.2. The van der Waals surface area contributed by atoms with E-state index in [4.69, 9.17) is 0 Å². The molecule has 0 aliphatic heterocycles. The first-order valence-corrected chi connectivity index (χ1v) is 14.1. The highest BCUT2D eigenvalue weighted by atomic mass is 16.4. The lowest BCUT2D eigenvalue weighted by molar-refractivity contribution is -0.145. The maximum Gasteiger partial charge on any atom is 0.306 e. The van der Waals surface area contributed by atoms with Gasteiger partial charge in [-0.15, -0.1) is 0 Å². The van der Waals surface area contributed by atoms with E-state index in [0.29, 0.717) is 32.1 Å². The molecule has 4 aliphatic rings. The number of rotatable bonds is 11. The highest BCUT2D eigenvalue weighted by Crippen LogP contribution is 2.77. The summed E-state index contributed by atoms with van der Waals surface area (Å²) in [6.07, 6.45) is 3.25.